The number of fused-ring (bicyclic) bond motifs is 4. The Hall–Kier alpha value is -6.06. The predicted molar refractivity (Wildman–Crippen MR) is 238 cm³/mol. The van der Waals surface area contributed by atoms with Crippen LogP contribution < -0.4 is 31.7 Å². The van der Waals surface area contributed by atoms with Gasteiger partial charge in [-0.1, -0.05) is 18.1 Å². The molecule has 2 aliphatic heterocycles. The molecular weight excluding hydrogens is 813 g/mol. The number of thiophene rings is 1. The molecule has 15 nitrogen and oxygen atoms in total. The van der Waals surface area contributed by atoms with E-state index in [1.54, 1.807) is 29.1 Å². The molecule has 5 aromatic heterocycles. The topological polar surface area (TPSA) is 177 Å². The van der Waals surface area contributed by atoms with Gasteiger partial charge in [-0.15, -0.1) is 24.0 Å². The molecule has 0 aliphatic carbocycles. The van der Waals surface area contributed by atoms with E-state index in [1.807, 2.05) is 26.0 Å². The minimum absolute atomic E-state index is 0.0484. The quantitative estimate of drug-likeness (QED) is 0.0473. The molecule has 2 fully saturated rings. The van der Waals surface area contributed by atoms with Gasteiger partial charge in [0.1, 0.15) is 22.8 Å². The van der Waals surface area contributed by atoms with Crippen LogP contribution in [-0.4, -0.2) is 99.8 Å². The molecule has 61 heavy (non-hydrogen) atoms. The summed E-state index contributed by atoms with van der Waals surface area (Å²) >= 11 is 5.74. The van der Waals surface area contributed by atoms with Crippen molar-refractivity contribution in [2.75, 3.05) is 50.8 Å². The summed E-state index contributed by atoms with van der Waals surface area (Å²) in [5.74, 6) is 4.88. The maximum atomic E-state index is 13.6. The van der Waals surface area contributed by atoms with Crippen LogP contribution in [0.15, 0.2) is 77.1 Å². The number of ether oxygens (including phenoxy) is 1. The predicted octanol–water partition coefficient (Wildman–Crippen LogP) is 3.31. The standard InChI is InChI=1S/C44H46N10O5S2/c1-27-11-14-45-36(21-27)54-43(58)39-35(28(2)61-42(39)51-44(54)60)9-10-37(55)46-16-19-59-20-17-47-38(56)26-52-18-13-30-22-31(23-49-40(30)52)41(57)48-15-12-29-3-7-34(8-4-29)53-24-32-5-6-33(25-53)50-32/h3-4,7-8,11,13-14,18,21-23,32-33,50H,5-6,12,15-17,19-20,24-26H2,1-2H3,(H,46,55)(H,47,56)(H,48,57)(H,51,60)/t32-,33+. The maximum absolute atomic E-state index is 13.6. The van der Waals surface area contributed by atoms with E-state index in [0.717, 1.165) is 35.3 Å². The highest BCUT2D eigenvalue weighted by Gasteiger charge is 2.32. The van der Waals surface area contributed by atoms with Gasteiger partial charge in [-0.25, -0.2) is 19.5 Å². The number of pyridine rings is 2. The van der Waals surface area contributed by atoms with Crippen molar-refractivity contribution in [2.24, 2.45) is 0 Å². The summed E-state index contributed by atoms with van der Waals surface area (Å²) in [6.07, 6.45) is 8.14. The van der Waals surface area contributed by atoms with Crippen molar-refractivity contribution >= 4 is 68.6 Å². The molecule has 2 bridgehead atoms. The molecule has 17 heteroatoms. The van der Waals surface area contributed by atoms with Crippen LogP contribution in [0.5, 0.6) is 0 Å². The van der Waals surface area contributed by atoms with Gasteiger partial charge in [-0.2, -0.15) is 0 Å². The van der Waals surface area contributed by atoms with Gasteiger partial charge < -0.3 is 35.5 Å². The Morgan fingerprint density at radius 1 is 0.967 bits per heavy atom. The third-order valence-corrected chi connectivity index (χ3v) is 12.1. The minimum atomic E-state index is -0.524. The number of anilines is 1. The van der Waals surface area contributed by atoms with E-state index in [1.165, 1.54) is 46.2 Å². The molecule has 0 unspecified atom stereocenters. The Balaban J connectivity index is 0.737. The molecule has 7 heterocycles. The molecule has 2 aliphatic rings. The van der Waals surface area contributed by atoms with Crippen LogP contribution >= 0.6 is 24.0 Å². The fourth-order valence-corrected chi connectivity index (χ4v) is 9.09. The summed E-state index contributed by atoms with van der Waals surface area (Å²) < 4.78 is 8.63. The summed E-state index contributed by atoms with van der Waals surface area (Å²) in [5.41, 5.74) is 4.47. The van der Waals surface area contributed by atoms with Gasteiger partial charge in [-0.05, 0) is 80.6 Å². The molecule has 2 saturated heterocycles. The van der Waals surface area contributed by atoms with Crippen molar-refractivity contribution in [2.45, 2.75) is 56.9 Å². The minimum Gasteiger partial charge on any atom is -0.378 e. The third-order valence-electron chi connectivity index (χ3n) is 10.8. The van der Waals surface area contributed by atoms with E-state index in [2.05, 4.69) is 89.9 Å². The maximum Gasteiger partial charge on any atom is 0.296 e. The monoisotopic (exact) mass is 858 g/mol. The molecular formula is C44H46N10O5S2. The summed E-state index contributed by atoms with van der Waals surface area (Å²) in [6, 6.07) is 17.0. The smallest absolute Gasteiger partial charge is 0.296 e. The molecule has 0 spiro atoms. The van der Waals surface area contributed by atoms with Gasteiger partial charge in [0.15, 0.2) is 5.16 Å². The number of aromatic nitrogens is 5. The molecule has 2 atom stereocenters. The number of carbonyl (C=O) groups excluding carboxylic acids is 3. The first kappa shape index (κ1) is 41.7. The first-order chi connectivity index (χ1) is 29.6. The Kier molecular flexibility index (Phi) is 12.8. The SMILES string of the molecule is Cc1ccnc(-n2c(S)nc3sc(C)c(C#CC(=O)NCCOCCNC(=O)Cn4ccc5cc(C(=O)NCCc6ccc(N7C[C@H]8CC[C@@H](C7)N8)cc6)cnc54)c3c2=O)c1. The number of hydrogen-bond acceptors (Lipinski definition) is 12. The number of carbonyl (C=O) groups is 3. The highest BCUT2D eigenvalue weighted by atomic mass is 32.1. The number of nitrogens with zero attached hydrogens (tertiary/aromatic N) is 6. The highest BCUT2D eigenvalue weighted by molar-refractivity contribution is 7.80. The number of piperazine rings is 1. The number of hydrogen-bond donors (Lipinski definition) is 5. The average molecular weight is 859 g/mol. The van der Waals surface area contributed by atoms with Gasteiger partial charge >= 0.3 is 0 Å². The van der Waals surface area contributed by atoms with Gasteiger partial charge in [0.25, 0.3) is 17.4 Å². The van der Waals surface area contributed by atoms with Gasteiger partial charge in [0.2, 0.25) is 5.91 Å². The lowest BCUT2D eigenvalue weighted by molar-refractivity contribution is -0.121. The molecule has 6 aromatic rings. The van der Waals surface area contributed by atoms with Crippen LogP contribution in [0.4, 0.5) is 5.69 Å². The second kappa shape index (κ2) is 18.7. The van der Waals surface area contributed by atoms with Gasteiger partial charge in [-0.3, -0.25) is 19.2 Å². The third kappa shape index (κ3) is 9.79. The average Bonchev–Trinajstić information content (AvgIpc) is 3.91. The van der Waals surface area contributed by atoms with Crippen LogP contribution in [0.1, 0.15) is 44.8 Å². The number of thiol groups is 1. The van der Waals surface area contributed by atoms with Crippen molar-refractivity contribution in [1.29, 1.82) is 0 Å². The first-order valence-electron chi connectivity index (χ1n) is 20.2. The fourth-order valence-electron chi connectivity index (χ4n) is 7.76. The molecule has 8 rings (SSSR count). The van der Waals surface area contributed by atoms with Crippen molar-refractivity contribution in [3.05, 3.63) is 105 Å². The van der Waals surface area contributed by atoms with Crippen molar-refractivity contribution < 1.29 is 19.1 Å². The Labute approximate surface area is 361 Å². The summed E-state index contributed by atoms with van der Waals surface area (Å²) in [6.45, 7) is 7.30. The lowest BCUT2D eigenvalue weighted by atomic mass is 10.1. The zero-order valence-corrected chi connectivity index (χ0v) is 35.6. The van der Waals surface area contributed by atoms with Gasteiger partial charge in [0.05, 0.1) is 29.7 Å². The van der Waals surface area contributed by atoms with E-state index in [0.29, 0.717) is 51.4 Å². The van der Waals surface area contributed by atoms with Crippen LogP contribution in [0, 0.1) is 25.7 Å². The van der Waals surface area contributed by atoms with Crippen LogP contribution in [0.2, 0.25) is 0 Å². The molecule has 4 N–H and O–H groups in total. The number of benzene rings is 1. The summed E-state index contributed by atoms with van der Waals surface area (Å²) in [7, 11) is 0. The van der Waals surface area contributed by atoms with E-state index >= 15 is 0 Å². The van der Waals surface area contributed by atoms with Crippen molar-refractivity contribution in [3.63, 3.8) is 0 Å². The molecule has 1 aromatic carbocycles. The number of rotatable bonds is 14. The number of nitrogens with one attached hydrogen (secondary N) is 4. The van der Waals surface area contributed by atoms with Crippen LogP contribution in [0.3, 0.4) is 0 Å². The fraction of sp³-hybridized carbons (Fsp3) is 0.341. The molecule has 0 radical (unpaired) electrons. The van der Waals surface area contributed by atoms with Crippen LogP contribution in [-0.2, 0) is 27.3 Å². The lowest BCUT2D eigenvalue weighted by Crippen LogP contribution is -2.51. The van der Waals surface area contributed by atoms with E-state index < -0.39 is 5.91 Å². The number of aryl methyl sites for hydroxylation is 2. The van der Waals surface area contributed by atoms with E-state index in [-0.39, 0.29) is 55.4 Å². The Bertz CT molecular complexity index is 2720. The van der Waals surface area contributed by atoms with E-state index in [4.69, 9.17) is 4.74 Å². The lowest BCUT2D eigenvalue weighted by Gasteiger charge is -2.34. The second-order valence-corrected chi connectivity index (χ2v) is 16.8. The molecule has 3 amide bonds. The van der Waals surface area contributed by atoms with Crippen LogP contribution in [0.25, 0.3) is 27.1 Å². The summed E-state index contributed by atoms with van der Waals surface area (Å²) in [5, 5.41) is 13.5. The largest absolute Gasteiger partial charge is 0.378 e. The van der Waals surface area contributed by atoms with Gasteiger partial charge in [0, 0.05) is 85.3 Å². The van der Waals surface area contributed by atoms with Crippen molar-refractivity contribution in [3.8, 4) is 17.7 Å². The zero-order chi connectivity index (χ0) is 42.5. The molecule has 0 saturated carbocycles. The summed E-state index contributed by atoms with van der Waals surface area (Å²) in [4.78, 5) is 68.7. The highest BCUT2D eigenvalue weighted by Crippen LogP contribution is 2.28. The number of amides is 3. The van der Waals surface area contributed by atoms with Crippen molar-refractivity contribution in [1.82, 2.24) is 45.4 Å². The first-order valence-corrected chi connectivity index (χ1v) is 21.5. The second-order valence-electron chi connectivity index (χ2n) is 15.2. The van der Waals surface area contributed by atoms with E-state index in [9.17, 15) is 19.2 Å². The molecule has 314 valence electrons. The Morgan fingerprint density at radius 2 is 1.74 bits per heavy atom. The normalized spacial score (nSPS) is 15.8. The zero-order valence-electron chi connectivity index (χ0n) is 33.9. The Morgan fingerprint density at radius 3 is 2.51 bits per heavy atom.